The molecule has 35 heavy (non-hydrogen) atoms. The molecule has 5 unspecified atom stereocenters. The second kappa shape index (κ2) is 14.0. The molecule has 0 spiro atoms. The Labute approximate surface area is 203 Å². The number of nitrogens with one attached hydrogen (secondary N) is 4. The number of carbonyl (C=O) groups is 5. The molecule has 0 aliphatic rings. The molecule has 0 aliphatic carbocycles. The molecule has 0 bridgehead atoms. The fourth-order valence-corrected chi connectivity index (χ4v) is 3.31. The van der Waals surface area contributed by atoms with Crippen molar-refractivity contribution >= 4 is 29.7 Å². The third-order valence-electron chi connectivity index (χ3n) is 5.46. The summed E-state index contributed by atoms with van der Waals surface area (Å²) in [5.74, 6) is -5.27. The molecule has 5 atom stereocenters. The van der Waals surface area contributed by atoms with E-state index in [-0.39, 0.29) is 18.3 Å². The van der Waals surface area contributed by atoms with Gasteiger partial charge >= 0.3 is 11.9 Å². The Morgan fingerprint density at radius 2 is 1.60 bits per heavy atom. The Hall–Kier alpha value is -3.48. The highest BCUT2D eigenvalue weighted by molar-refractivity contribution is 5.95. The third kappa shape index (κ3) is 10.1. The Morgan fingerprint density at radius 1 is 1.00 bits per heavy atom. The van der Waals surface area contributed by atoms with Crippen LogP contribution in [0.5, 0.6) is 0 Å². The molecular formula is C22H36N6O7. The van der Waals surface area contributed by atoms with Crippen molar-refractivity contribution in [1.82, 2.24) is 25.9 Å². The quantitative estimate of drug-likeness (QED) is 0.164. The molecule has 1 aromatic rings. The van der Waals surface area contributed by atoms with E-state index in [0.717, 1.165) is 0 Å². The van der Waals surface area contributed by atoms with Crippen LogP contribution in [0.3, 0.4) is 0 Å². The fraction of sp³-hybridized carbons (Fsp3) is 0.636. The summed E-state index contributed by atoms with van der Waals surface area (Å²) in [6.07, 6.45) is 2.79. The molecule has 0 radical (unpaired) electrons. The number of carboxylic acid groups (broad SMARTS) is 2. The van der Waals surface area contributed by atoms with Crippen LogP contribution in [-0.4, -0.2) is 74.0 Å². The van der Waals surface area contributed by atoms with Crippen molar-refractivity contribution in [3.8, 4) is 0 Å². The zero-order chi connectivity index (χ0) is 26.7. The van der Waals surface area contributed by atoms with E-state index >= 15 is 0 Å². The summed E-state index contributed by atoms with van der Waals surface area (Å²) < 4.78 is 0. The molecule has 13 heteroatoms. The monoisotopic (exact) mass is 496 g/mol. The van der Waals surface area contributed by atoms with Gasteiger partial charge in [0.05, 0.1) is 18.8 Å². The van der Waals surface area contributed by atoms with E-state index in [1.165, 1.54) is 12.5 Å². The van der Waals surface area contributed by atoms with E-state index in [1.54, 1.807) is 13.8 Å². The van der Waals surface area contributed by atoms with Crippen molar-refractivity contribution in [1.29, 1.82) is 0 Å². The molecule has 8 N–H and O–H groups in total. The Morgan fingerprint density at radius 3 is 2.09 bits per heavy atom. The first kappa shape index (κ1) is 29.6. The largest absolute Gasteiger partial charge is 0.481 e. The van der Waals surface area contributed by atoms with Crippen LogP contribution in [0.1, 0.15) is 52.7 Å². The summed E-state index contributed by atoms with van der Waals surface area (Å²) >= 11 is 0. The van der Waals surface area contributed by atoms with Crippen molar-refractivity contribution in [3.05, 3.63) is 18.2 Å². The van der Waals surface area contributed by atoms with Gasteiger partial charge in [-0.15, -0.1) is 0 Å². The zero-order valence-corrected chi connectivity index (χ0v) is 20.4. The predicted octanol–water partition coefficient (Wildman–Crippen LogP) is -0.615. The number of amides is 3. The lowest BCUT2D eigenvalue weighted by molar-refractivity contribution is -0.144. The van der Waals surface area contributed by atoms with Crippen LogP contribution in [0.4, 0.5) is 0 Å². The second-order valence-corrected chi connectivity index (χ2v) is 8.95. The van der Waals surface area contributed by atoms with Crippen LogP contribution < -0.4 is 21.7 Å². The van der Waals surface area contributed by atoms with E-state index in [1.807, 2.05) is 13.8 Å². The topological polar surface area (TPSA) is 217 Å². The first-order valence-electron chi connectivity index (χ1n) is 11.4. The Kier molecular flexibility index (Phi) is 11.9. The van der Waals surface area contributed by atoms with E-state index < -0.39 is 60.2 Å². The minimum atomic E-state index is -1.50. The van der Waals surface area contributed by atoms with Gasteiger partial charge in [0.2, 0.25) is 17.7 Å². The number of H-pyrrole nitrogens is 1. The normalized spacial score (nSPS) is 15.4. The van der Waals surface area contributed by atoms with Gasteiger partial charge in [-0.1, -0.05) is 34.1 Å². The van der Waals surface area contributed by atoms with Gasteiger partial charge in [0.1, 0.15) is 18.1 Å². The number of aromatic nitrogens is 2. The molecule has 0 saturated carbocycles. The van der Waals surface area contributed by atoms with Crippen LogP contribution in [0, 0.1) is 11.8 Å². The van der Waals surface area contributed by atoms with Gasteiger partial charge in [0.15, 0.2) is 0 Å². The zero-order valence-electron chi connectivity index (χ0n) is 20.4. The van der Waals surface area contributed by atoms with E-state index in [0.29, 0.717) is 18.5 Å². The third-order valence-corrected chi connectivity index (χ3v) is 5.46. The summed E-state index contributed by atoms with van der Waals surface area (Å²) in [5.41, 5.74) is 6.31. The lowest BCUT2D eigenvalue weighted by Crippen LogP contribution is -2.58. The first-order valence-corrected chi connectivity index (χ1v) is 11.4. The second-order valence-electron chi connectivity index (χ2n) is 8.95. The number of imidazole rings is 1. The minimum Gasteiger partial charge on any atom is -0.481 e. The Bertz CT molecular complexity index is 874. The van der Waals surface area contributed by atoms with Crippen LogP contribution in [0.15, 0.2) is 12.5 Å². The Balaban J connectivity index is 3.09. The van der Waals surface area contributed by atoms with Crippen LogP contribution >= 0.6 is 0 Å². The molecule has 1 aromatic heterocycles. The number of rotatable bonds is 15. The molecule has 3 amide bonds. The molecule has 0 saturated heterocycles. The first-order chi connectivity index (χ1) is 16.3. The fourth-order valence-electron chi connectivity index (χ4n) is 3.31. The number of carboxylic acids is 2. The lowest BCUT2D eigenvalue weighted by Gasteiger charge is -2.26. The highest BCUT2D eigenvalue weighted by Crippen LogP contribution is 2.10. The summed E-state index contributed by atoms with van der Waals surface area (Å²) in [7, 11) is 0. The van der Waals surface area contributed by atoms with Crippen LogP contribution in [0.25, 0.3) is 0 Å². The van der Waals surface area contributed by atoms with Crippen LogP contribution in [-0.2, 0) is 30.4 Å². The van der Waals surface area contributed by atoms with Gasteiger partial charge in [0, 0.05) is 18.3 Å². The van der Waals surface area contributed by atoms with Crippen molar-refractivity contribution < 1.29 is 34.2 Å². The van der Waals surface area contributed by atoms with Gasteiger partial charge in [-0.25, -0.2) is 9.78 Å². The van der Waals surface area contributed by atoms with Gasteiger partial charge < -0.3 is 36.9 Å². The number of carbonyl (C=O) groups excluding carboxylic acids is 3. The number of hydrogen-bond acceptors (Lipinski definition) is 7. The van der Waals surface area contributed by atoms with Crippen molar-refractivity contribution in [3.63, 3.8) is 0 Å². The minimum absolute atomic E-state index is 0.0784. The number of nitrogens with two attached hydrogens (primary N) is 1. The van der Waals surface area contributed by atoms with E-state index in [9.17, 15) is 34.2 Å². The van der Waals surface area contributed by atoms with E-state index in [4.69, 9.17) is 5.73 Å². The molecular weight excluding hydrogens is 460 g/mol. The lowest BCUT2D eigenvalue weighted by atomic mass is 9.98. The summed E-state index contributed by atoms with van der Waals surface area (Å²) in [6, 6.07) is -4.92. The number of hydrogen-bond donors (Lipinski definition) is 7. The summed E-state index contributed by atoms with van der Waals surface area (Å²) in [4.78, 5) is 68.0. The van der Waals surface area contributed by atoms with Crippen molar-refractivity contribution in [2.45, 2.75) is 77.5 Å². The van der Waals surface area contributed by atoms with E-state index in [2.05, 4.69) is 25.9 Å². The molecule has 0 aromatic carbocycles. The molecule has 1 heterocycles. The standard InChI is InChI=1S/C22H36N6O7/c1-5-12(4)18(22(34)35)28-21(33)15(7-13-9-24-10-25-13)27-20(32)16(8-17(29)30)26-19(31)14(23)6-11(2)3/h9-12,14-16,18H,5-8,23H2,1-4H3,(H,24,25)(H,26,31)(H,27,32)(H,28,33)(H,29,30)(H,34,35). The summed E-state index contributed by atoms with van der Waals surface area (Å²) in [6.45, 7) is 7.16. The van der Waals surface area contributed by atoms with Gasteiger partial charge in [-0.3, -0.25) is 19.2 Å². The van der Waals surface area contributed by atoms with Gasteiger partial charge in [-0.2, -0.15) is 0 Å². The molecule has 0 aliphatic heterocycles. The smallest absolute Gasteiger partial charge is 0.326 e. The summed E-state index contributed by atoms with van der Waals surface area (Å²) in [5, 5.41) is 25.9. The van der Waals surface area contributed by atoms with Gasteiger partial charge in [-0.05, 0) is 18.3 Å². The average Bonchev–Trinajstić information content (AvgIpc) is 3.27. The highest BCUT2D eigenvalue weighted by atomic mass is 16.4. The molecule has 13 nitrogen and oxygen atoms in total. The van der Waals surface area contributed by atoms with Gasteiger partial charge in [0.25, 0.3) is 0 Å². The highest BCUT2D eigenvalue weighted by Gasteiger charge is 2.33. The maximum absolute atomic E-state index is 13.0. The SMILES string of the molecule is CCC(C)C(NC(=O)C(Cc1cnc[nH]1)NC(=O)C(CC(=O)O)NC(=O)C(N)CC(C)C)C(=O)O. The predicted molar refractivity (Wildman–Crippen MR) is 125 cm³/mol. The van der Waals surface area contributed by atoms with Crippen molar-refractivity contribution in [2.75, 3.05) is 0 Å². The molecule has 196 valence electrons. The van der Waals surface area contributed by atoms with Crippen LogP contribution in [0.2, 0.25) is 0 Å². The maximum atomic E-state index is 13.0. The maximum Gasteiger partial charge on any atom is 0.326 e. The number of nitrogens with zero attached hydrogens (tertiary/aromatic N) is 1. The molecule has 0 fully saturated rings. The molecule has 1 rings (SSSR count). The average molecular weight is 497 g/mol. The van der Waals surface area contributed by atoms with Crippen molar-refractivity contribution in [2.24, 2.45) is 17.6 Å². The number of aromatic amines is 1. The number of aliphatic carboxylic acids is 2.